The van der Waals surface area contributed by atoms with Gasteiger partial charge in [0.05, 0.1) is 6.04 Å². The molecule has 0 radical (unpaired) electrons. The first-order chi connectivity index (χ1) is 22.5. The van der Waals surface area contributed by atoms with E-state index in [4.69, 9.17) is 11.5 Å². The van der Waals surface area contributed by atoms with Crippen molar-refractivity contribution in [3.8, 4) is 0 Å². The molecule has 47 heavy (non-hydrogen) atoms. The van der Waals surface area contributed by atoms with Gasteiger partial charge in [-0.1, -0.05) is 80.9 Å². The number of nitrogens with zero attached hydrogens (tertiary/aromatic N) is 1. The fraction of sp³-hybridized carbons (Fsp3) is 0.514. The van der Waals surface area contributed by atoms with Gasteiger partial charge >= 0.3 is 5.97 Å². The van der Waals surface area contributed by atoms with Gasteiger partial charge in [0.2, 0.25) is 23.6 Å². The van der Waals surface area contributed by atoms with Crippen LogP contribution in [0.4, 0.5) is 0 Å². The summed E-state index contributed by atoms with van der Waals surface area (Å²) >= 11 is 0. The molecule has 12 nitrogen and oxygen atoms in total. The highest BCUT2D eigenvalue weighted by Crippen LogP contribution is 2.21. The number of hydrogen-bond donors (Lipinski definition) is 6. The van der Waals surface area contributed by atoms with Crippen LogP contribution in [0.3, 0.4) is 0 Å². The zero-order valence-electron chi connectivity index (χ0n) is 27.4. The SMILES string of the molecule is CC(C)C[C@H](NC(=O)[C@@H](N)CCCCN)C(=O)N1CCC[C@H]1C(=O)N[C@@H](Cc1ccccc1)C(=O)N[C@@H](Cc1ccccc1)C(=O)O. The van der Waals surface area contributed by atoms with Crippen LogP contribution in [0.1, 0.15) is 63.5 Å². The zero-order chi connectivity index (χ0) is 34.3. The van der Waals surface area contributed by atoms with Crippen molar-refractivity contribution in [1.82, 2.24) is 20.9 Å². The molecular weight excluding hydrogens is 600 g/mol. The smallest absolute Gasteiger partial charge is 0.326 e. The fourth-order valence-electron chi connectivity index (χ4n) is 5.76. The van der Waals surface area contributed by atoms with E-state index in [1.807, 2.05) is 50.2 Å². The molecule has 0 aromatic heterocycles. The number of carbonyl (C=O) groups is 5. The minimum atomic E-state index is -1.22. The molecule has 1 saturated heterocycles. The number of rotatable bonds is 18. The number of unbranched alkanes of at least 4 members (excludes halogenated alkanes) is 1. The first-order valence-corrected chi connectivity index (χ1v) is 16.5. The van der Waals surface area contributed by atoms with Gasteiger partial charge in [-0.05, 0) is 55.7 Å². The van der Waals surface area contributed by atoms with Crippen molar-refractivity contribution in [2.75, 3.05) is 13.1 Å². The van der Waals surface area contributed by atoms with Crippen molar-refractivity contribution in [3.63, 3.8) is 0 Å². The summed E-state index contributed by atoms with van der Waals surface area (Å²) in [6, 6.07) is 13.2. The highest BCUT2D eigenvalue weighted by Gasteiger charge is 2.39. The van der Waals surface area contributed by atoms with Gasteiger partial charge in [-0.3, -0.25) is 19.2 Å². The first-order valence-electron chi connectivity index (χ1n) is 16.5. The van der Waals surface area contributed by atoms with E-state index in [1.165, 1.54) is 4.90 Å². The Morgan fingerprint density at radius 1 is 0.830 bits per heavy atom. The second-order valence-electron chi connectivity index (χ2n) is 12.6. The lowest BCUT2D eigenvalue weighted by Gasteiger charge is -2.31. The number of carbonyl (C=O) groups excluding carboxylic acids is 4. The molecule has 0 aliphatic carbocycles. The molecule has 256 valence electrons. The van der Waals surface area contributed by atoms with Crippen LogP contribution in [0.15, 0.2) is 60.7 Å². The quantitative estimate of drug-likeness (QED) is 0.131. The Labute approximate surface area is 277 Å². The largest absolute Gasteiger partial charge is 0.480 e. The number of nitrogens with one attached hydrogen (secondary N) is 3. The van der Waals surface area contributed by atoms with E-state index in [2.05, 4.69) is 16.0 Å². The summed E-state index contributed by atoms with van der Waals surface area (Å²) in [4.78, 5) is 67.7. The van der Waals surface area contributed by atoms with Crippen LogP contribution in [0, 0.1) is 5.92 Å². The van der Waals surface area contributed by atoms with Gasteiger partial charge in [-0.2, -0.15) is 0 Å². The molecule has 0 spiro atoms. The van der Waals surface area contributed by atoms with E-state index in [1.54, 1.807) is 24.3 Å². The Bertz CT molecular complexity index is 1320. The van der Waals surface area contributed by atoms with Crippen LogP contribution >= 0.6 is 0 Å². The number of benzene rings is 2. The molecule has 2 aromatic carbocycles. The molecule has 2 aromatic rings. The summed E-state index contributed by atoms with van der Waals surface area (Å²) in [5.41, 5.74) is 13.1. The molecule has 0 bridgehead atoms. The van der Waals surface area contributed by atoms with Crippen molar-refractivity contribution in [2.45, 2.75) is 95.4 Å². The van der Waals surface area contributed by atoms with Crippen molar-refractivity contribution in [1.29, 1.82) is 0 Å². The summed E-state index contributed by atoms with van der Waals surface area (Å²) in [5, 5.41) is 18.1. The van der Waals surface area contributed by atoms with Crippen molar-refractivity contribution < 1.29 is 29.1 Å². The van der Waals surface area contributed by atoms with E-state index in [0.717, 1.165) is 17.5 Å². The number of likely N-dealkylation sites (tertiary alicyclic amines) is 1. The van der Waals surface area contributed by atoms with Crippen molar-refractivity contribution in [3.05, 3.63) is 71.8 Å². The summed E-state index contributed by atoms with van der Waals surface area (Å²) in [7, 11) is 0. The Balaban J connectivity index is 1.76. The molecule has 12 heteroatoms. The van der Waals surface area contributed by atoms with Gasteiger partial charge in [0.1, 0.15) is 24.2 Å². The summed E-state index contributed by atoms with van der Waals surface area (Å²) in [6.07, 6.45) is 3.37. The Morgan fingerprint density at radius 2 is 1.40 bits per heavy atom. The second kappa shape index (κ2) is 18.8. The molecule has 1 aliphatic heterocycles. The van der Waals surface area contributed by atoms with Crippen LogP contribution < -0.4 is 27.4 Å². The van der Waals surface area contributed by atoms with Crippen LogP contribution in [-0.2, 0) is 36.8 Å². The number of hydrogen-bond acceptors (Lipinski definition) is 7. The summed E-state index contributed by atoms with van der Waals surface area (Å²) in [5.74, 6) is -3.09. The maximum absolute atomic E-state index is 13.8. The van der Waals surface area contributed by atoms with E-state index in [-0.39, 0.29) is 24.7 Å². The highest BCUT2D eigenvalue weighted by atomic mass is 16.4. The van der Waals surface area contributed by atoms with Gasteiger partial charge in [-0.25, -0.2) is 4.79 Å². The maximum atomic E-state index is 13.8. The number of carboxylic acid groups (broad SMARTS) is 1. The minimum absolute atomic E-state index is 0.0679. The standard InChI is InChI=1S/C35H50N6O6/c1-23(2)20-28(39-31(42)26(37)16-9-10-18-36)34(45)41-19-11-17-30(41)33(44)38-27(21-24-12-5-3-6-13-24)32(43)40-29(35(46)47)22-25-14-7-4-8-15-25/h3-8,12-15,23,26-30H,9-11,16-22,36-37H2,1-2H3,(H,38,44)(H,39,42)(H,40,43)(H,46,47)/t26-,27-,28-,29-,30-/m0/s1. The molecule has 5 atom stereocenters. The van der Waals surface area contributed by atoms with Crippen molar-refractivity contribution in [2.24, 2.45) is 17.4 Å². The molecule has 0 unspecified atom stereocenters. The van der Waals surface area contributed by atoms with E-state index in [0.29, 0.717) is 45.2 Å². The molecular formula is C35H50N6O6. The molecule has 1 heterocycles. The Hall–Kier alpha value is -4.29. The number of carboxylic acids is 1. The van der Waals surface area contributed by atoms with Crippen LogP contribution in [0.2, 0.25) is 0 Å². The number of nitrogens with two attached hydrogens (primary N) is 2. The molecule has 0 saturated carbocycles. The topological polar surface area (TPSA) is 197 Å². The highest BCUT2D eigenvalue weighted by molar-refractivity contribution is 5.96. The van der Waals surface area contributed by atoms with Crippen molar-refractivity contribution >= 4 is 29.6 Å². The lowest BCUT2D eigenvalue weighted by atomic mass is 10.0. The van der Waals surface area contributed by atoms with Gasteiger partial charge in [0, 0.05) is 19.4 Å². The Morgan fingerprint density at radius 3 is 1.96 bits per heavy atom. The third-order valence-electron chi connectivity index (χ3n) is 8.28. The Kier molecular flexibility index (Phi) is 14.8. The van der Waals surface area contributed by atoms with E-state index < -0.39 is 53.9 Å². The predicted octanol–water partition coefficient (Wildman–Crippen LogP) is 1.50. The van der Waals surface area contributed by atoms with Gasteiger partial charge in [0.15, 0.2) is 0 Å². The van der Waals surface area contributed by atoms with Crippen LogP contribution in [0.5, 0.6) is 0 Å². The normalized spacial score (nSPS) is 17.0. The summed E-state index contributed by atoms with van der Waals surface area (Å²) < 4.78 is 0. The fourth-order valence-corrected chi connectivity index (χ4v) is 5.76. The molecule has 1 fully saturated rings. The number of aliphatic carboxylic acids is 1. The molecule has 3 rings (SSSR count). The van der Waals surface area contributed by atoms with Crippen LogP contribution in [0.25, 0.3) is 0 Å². The third kappa shape index (κ3) is 11.8. The van der Waals surface area contributed by atoms with Gasteiger partial charge < -0.3 is 37.4 Å². The lowest BCUT2D eigenvalue weighted by molar-refractivity contribution is -0.143. The molecule has 8 N–H and O–H groups in total. The summed E-state index contributed by atoms with van der Waals surface area (Å²) in [6.45, 7) is 4.70. The monoisotopic (exact) mass is 650 g/mol. The van der Waals surface area contributed by atoms with Gasteiger partial charge in [0.25, 0.3) is 0 Å². The second-order valence-corrected chi connectivity index (χ2v) is 12.6. The zero-order valence-corrected chi connectivity index (χ0v) is 27.4. The predicted molar refractivity (Wildman–Crippen MR) is 179 cm³/mol. The van der Waals surface area contributed by atoms with E-state index in [9.17, 15) is 29.1 Å². The minimum Gasteiger partial charge on any atom is -0.480 e. The maximum Gasteiger partial charge on any atom is 0.326 e. The number of amides is 4. The first kappa shape index (κ1) is 37.2. The van der Waals surface area contributed by atoms with Crippen LogP contribution in [-0.4, -0.2) is 82.9 Å². The van der Waals surface area contributed by atoms with E-state index >= 15 is 0 Å². The van der Waals surface area contributed by atoms with Gasteiger partial charge in [-0.15, -0.1) is 0 Å². The lowest BCUT2D eigenvalue weighted by Crippen LogP contribution is -2.58. The average molecular weight is 651 g/mol. The molecule has 1 aliphatic rings. The third-order valence-corrected chi connectivity index (χ3v) is 8.28. The average Bonchev–Trinajstić information content (AvgIpc) is 3.54. The molecule has 4 amide bonds.